The standard InChI is InChI=1S/C31H33F5N2O6S/c1-2-45(41,42)27-13-5-20(6-14-27)28(17-39)37-30(40)21-3-9-23(10-4-21)38-16-26(15-24(38)18-43-19-29(32)33)44-25-11-7-22(8-12-25)31(34,35)36/h3-14,24,26,28-29,39H,2,15-19H2,1H3,(H,37,40)/t24-,26+,28-/m0/s1. The van der Waals surface area contributed by atoms with E-state index in [2.05, 4.69) is 5.32 Å². The first-order valence-electron chi connectivity index (χ1n) is 14.1. The average molecular weight is 657 g/mol. The van der Waals surface area contributed by atoms with Crippen molar-refractivity contribution < 1.29 is 49.7 Å². The summed E-state index contributed by atoms with van der Waals surface area (Å²) in [6.45, 7) is 0.586. The van der Waals surface area contributed by atoms with Gasteiger partial charge in [0.05, 0.1) is 48.1 Å². The fraction of sp³-hybridized carbons (Fsp3) is 0.387. The van der Waals surface area contributed by atoms with Crippen molar-refractivity contribution in [2.45, 2.75) is 49.0 Å². The molecule has 2 N–H and O–H groups in total. The van der Waals surface area contributed by atoms with Crippen molar-refractivity contribution in [2.75, 3.05) is 37.0 Å². The first-order valence-corrected chi connectivity index (χ1v) is 15.8. The number of hydrogen-bond donors (Lipinski definition) is 2. The third kappa shape index (κ3) is 8.92. The lowest BCUT2D eigenvalue weighted by molar-refractivity contribution is -0.137. The molecule has 0 radical (unpaired) electrons. The molecule has 8 nitrogen and oxygen atoms in total. The van der Waals surface area contributed by atoms with Gasteiger partial charge in [0.25, 0.3) is 12.3 Å². The number of rotatable bonds is 13. The average Bonchev–Trinajstić information content (AvgIpc) is 3.41. The first kappa shape index (κ1) is 34.1. The molecule has 0 bridgehead atoms. The molecule has 45 heavy (non-hydrogen) atoms. The van der Waals surface area contributed by atoms with Gasteiger partial charge in [0.2, 0.25) is 0 Å². The van der Waals surface area contributed by atoms with Crippen LogP contribution in [0.5, 0.6) is 5.75 Å². The second kappa shape index (κ2) is 14.6. The second-order valence-corrected chi connectivity index (χ2v) is 12.7. The Morgan fingerprint density at radius 2 is 1.67 bits per heavy atom. The van der Waals surface area contributed by atoms with Crippen molar-refractivity contribution in [2.24, 2.45) is 0 Å². The number of alkyl halides is 5. The number of nitrogens with zero attached hydrogens (tertiary/aromatic N) is 1. The zero-order valence-corrected chi connectivity index (χ0v) is 25.0. The van der Waals surface area contributed by atoms with E-state index in [-0.39, 0.29) is 41.2 Å². The molecule has 14 heteroatoms. The molecule has 4 rings (SSSR count). The molecule has 1 heterocycles. The molecule has 1 aliphatic rings. The summed E-state index contributed by atoms with van der Waals surface area (Å²) in [4.78, 5) is 15.0. The molecule has 1 aliphatic heterocycles. The largest absolute Gasteiger partial charge is 0.489 e. The number of ether oxygens (including phenoxy) is 2. The molecule has 1 saturated heterocycles. The first-order chi connectivity index (χ1) is 21.3. The molecule has 0 aliphatic carbocycles. The van der Waals surface area contributed by atoms with Crippen LogP contribution >= 0.6 is 0 Å². The zero-order chi connectivity index (χ0) is 32.8. The smallest absolute Gasteiger partial charge is 0.416 e. The Kier molecular flexibility index (Phi) is 11.0. The summed E-state index contributed by atoms with van der Waals surface area (Å²) in [6, 6.07) is 15.4. The van der Waals surface area contributed by atoms with E-state index in [0.29, 0.717) is 17.7 Å². The van der Waals surface area contributed by atoms with Crippen LogP contribution in [0.4, 0.5) is 27.6 Å². The summed E-state index contributed by atoms with van der Waals surface area (Å²) in [7, 11) is -3.40. The number of carbonyl (C=O) groups is 1. The number of aliphatic hydroxyl groups excluding tert-OH is 1. The molecular formula is C31H33F5N2O6S. The van der Waals surface area contributed by atoms with E-state index in [1.165, 1.54) is 43.3 Å². The highest BCUT2D eigenvalue weighted by molar-refractivity contribution is 7.91. The van der Waals surface area contributed by atoms with Gasteiger partial charge in [0.15, 0.2) is 9.84 Å². The number of amides is 1. The van der Waals surface area contributed by atoms with Gasteiger partial charge in [-0.25, -0.2) is 17.2 Å². The van der Waals surface area contributed by atoms with Gasteiger partial charge in [0, 0.05) is 17.7 Å². The summed E-state index contributed by atoms with van der Waals surface area (Å²) in [5.41, 5.74) is 0.614. The molecular weight excluding hydrogens is 623 g/mol. The highest BCUT2D eigenvalue weighted by atomic mass is 32.2. The summed E-state index contributed by atoms with van der Waals surface area (Å²) in [6.07, 6.45) is -7.26. The van der Waals surface area contributed by atoms with Crippen LogP contribution in [0.3, 0.4) is 0 Å². The molecule has 3 atom stereocenters. The Labute approximate surface area is 257 Å². The summed E-state index contributed by atoms with van der Waals surface area (Å²) >= 11 is 0. The number of aliphatic hydroxyl groups is 1. The molecule has 3 aromatic carbocycles. The minimum atomic E-state index is -4.48. The Hall–Kier alpha value is -3.75. The topological polar surface area (TPSA) is 105 Å². The van der Waals surface area contributed by atoms with Crippen LogP contribution in [0.25, 0.3) is 0 Å². The van der Waals surface area contributed by atoms with E-state index >= 15 is 0 Å². The van der Waals surface area contributed by atoms with E-state index < -0.39 is 59.3 Å². The van der Waals surface area contributed by atoms with Crippen LogP contribution in [0.15, 0.2) is 77.7 Å². The Morgan fingerprint density at radius 1 is 1.02 bits per heavy atom. The van der Waals surface area contributed by atoms with Crippen LogP contribution in [0.1, 0.15) is 40.9 Å². The van der Waals surface area contributed by atoms with Crippen molar-refractivity contribution in [3.05, 3.63) is 89.5 Å². The van der Waals surface area contributed by atoms with E-state index in [4.69, 9.17) is 9.47 Å². The van der Waals surface area contributed by atoms with Crippen molar-refractivity contribution in [3.63, 3.8) is 0 Å². The molecule has 1 fully saturated rings. The third-order valence-corrected chi connectivity index (χ3v) is 9.14. The van der Waals surface area contributed by atoms with E-state index in [1.54, 1.807) is 24.3 Å². The fourth-order valence-electron chi connectivity index (χ4n) is 5.00. The predicted octanol–water partition coefficient (Wildman–Crippen LogP) is 5.27. The van der Waals surface area contributed by atoms with Crippen molar-refractivity contribution >= 4 is 21.4 Å². The van der Waals surface area contributed by atoms with Crippen LogP contribution in [0, 0.1) is 0 Å². The van der Waals surface area contributed by atoms with Gasteiger partial charge in [-0.15, -0.1) is 0 Å². The van der Waals surface area contributed by atoms with Gasteiger partial charge < -0.3 is 24.8 Å². The Bertz CT molecular complexity index is 1520. The van der Waals surface area contributed by atoms with Crippen LogP contribution in [-0.4, -0.2) is 70.1 Å². The fourth-order valence-corrected chi connectivity index (χ4v) is 5.88. The molecule has 0 unspecified atom stereocenters. The van der Waals surface area contributed by atoms with Crippen molar-refractivity contribution in [1.82, 2.24) is 5.32 Å². The number of benzene rings is 3. The van der Waals surface area contributed by atoms with Gasteiger partial charge in [-0.2, -0.15) is 13.2 Å². The number of halogens is 5. The van der Waals surface area contributed by atoms with Gasteiger partial charge in [-0.1, -0.05) is 19.1 Å². The van der Waals surface area contributed by atoms with Crippen molar-refractivity contribution in [3.8, 4) is 5.75 Å². The summed E-state index contributed by atoms with van der Waals surface area (Å²) in [5.74, 6) is -0.322. The summed E-state index contributed by atoms with van der Waals surface area (Å²) in [5, 5.41) is 12.6. The van der Waals surface area contributed by atoms with Crippen LogP contribution < -0.4 is 15.0 Å². The minimum Gasteiger partial charge on any atom is -0.489 e. The van der Waals surface area contributed by atoms with Gasteiger partial charge in [-0.3, -0.25) is 4.79 Å². The highest BCUT2D eigenvalue weighted by Crippen LogP contribution is 2.32. The number of sulfone groups is 1. The number of hydrogen-bond acceptors (Lipinski definition) is 7. The molecule has 1 amide bonds. The molecule has 0 spiro atoms. The Balaban J connectivity index is 1.44. The van der Waals surface area contributed by atoms with Crippen LogP contribution in [-0.2, 0) is 20.8 Å². The lowest BCUT2D eigenvalue weighted by atomic mass is 10.1. The summed E-state index contributed by atoms with van der Waals surface area (Å²) < 4.78 is 99.4. The maximum absolute atomic E-state index is 13.0. The molecule has 0 aromatic heterocycles. The Morgan fingerprint density at radius 3 is 2.22 bits per heavy atom. The lowest BCUT2D eigenvalue weighted by Gasteiger charge is -2.26. The lowest BCUT2D eigenvalue weighted by Crippen LogP contribution is -2.34. The second-order valence-electron chi connectivity index (χ2n) is 10.5. The zero-order valence-electron chi connectivity index (χ0n) is 24.2. The maximum Gasteiger partial charge on any atom is 0.416 e. The van der Waals surface area contributed by atoms with Crippen LogP contribution in [0.2, 0.25) is 0 Å². The maximum atomic E-state index is 13.0. The minimum absolute atomic E-state index is 0.0457. The normalized spacial score (nSPS) is 17.8. The quantitative estimate of drug-likeness (QED) is 0.242. The number of anilines is 1. The van der Waals surface area contributed by atoms with E-state index in [9.17, 15) is 40.3 Å². The monoisotopic (exact) mass is 656 g/mol. The van der Waals surface area contributed by atoms with E-state index in [0.717, 1.165) is 12.1 Å². The van der Waals surface area contributed by atoms with Crippen molar-refractivity contribution in [1.29, 1.82) is 0 Å². The van der Waals surface area contributed by atoms with E-state index in [1.807, 2.05) is 4.90 Å². The third-order valence-electron chi connectivity index (χ3n) is 7.39. The SMILES string of the molecule is CCS(=O)(=O)c1ccc([C@H](CO)NC(=O)c2ccc(N3C[C@H](Oc4ccc(C(F)(F)F)cc4)C[C@H]3COCC(F)F)cc2)cc1. The van der Waals surface area contributed by atoms with Gasteiger partial charge >= 0.3 is 6.18 Å². The molecule has 0 saturated carbocycles. The highest BCUT2D eigenvalue weighted by Gasteiger charge is 2.35. The predicted molar refractivity (Wildman–Crippen MR) is 156 cm³/mol. The molecule has 244 valence electrons. The molecule has 3 aromatic rings. The number of carbonyl (C=O) groups excluding carboxylic acids is 1. The van der Waals surface area contributed by atoms with Gasteiger partial charge in [-0.05, 0) is 66.2 Å². The number of nitrogens with one attached hydrogen (secondary N) is 1. The van der Waals surface area contributed by atoms with Gasteiger partial charge in [0.1, 0.15) is 18.5 Å².